The molecule has 1 aliphatic heterocycles. The SMILES string of the molecule is COc1ccc(C)cc1S(=O)(=O)N1CCc2nc(NC(=O)C3CCC3)sc2C1. The number of carbonyl (C=O) groups excluding carboxylic acids is 1. The van der Waals surface area contributed by atoms with Crippen LogP contribution in [0.15, 0.2) is 23.1 Å². The molecule has 1 aromatic carbocycles. The van der Waals surface area contributed by atoms with Gasteiger partial charge in [-0.2, -0.15) is 4.31 Å². The molecule has 1 saturated carbocycles. The lowest BCUT2D eigenvalue weighted by atomic mass is 9.85. The van der Waals surface area contributed by atoms with Crippen LogP contribution in [0, 0.1) is 12.8 Å². The van der Waals surface area contributed by atoms with Crippen molar-refractivity contribution in [3.63, 3.8) is 0 Å². The number of thiazole rings is 1. The number of aryl methyl sites for hydroxylation is 1. The van der Waals surface area contributed by atoms with Crippen LogP contribution in [0.4, 0.5) is 5.13 Å². The second-order valence-corrected chi connectivity index (χ2v) is 10.2. The van der Waals surface area contributed by atoms with Crippen molar-refractivity contribution in [3.05, 3.63) is 34.3 Å². The number of fused-ring (bicyclic) bond motifs is 1. The number of benzene rings is 1. The van der Waals surface area contributed by atoms with E-state index in [0.717, 1.165) is 35.4 Å². The third-order valence-corrected chi connectivity index (χ3v) is 8.20. The number of nitrogens with one attached hydrogen (secondary N) is 1. The Hall–Kier alpha value is -1.97. The maximum atomic E-state index is 13.2. The van der Waals surface area contributed by atoms with E-state index in [0.29, 0.717) is 23.8 Å². The van der Waals surface area contributed by atoms with Crippen molar-refractivity contribution < 1.29 is 17.9 Å². The first-order valence-corrected chi connectivity index (χ1v) is 11.6. The molecule has 0 radical (unpaired) electrons. The molecular formula is C19H23N3O4S2. The van der Waals surface area contributed by atoms with Crippen LogP contribution in [-0.4, -0.2) is 37.3 Å². The van der Waals surface area contributed by atoms with E-state index >= 15 is 0 Å². The Labute approximate surface area is 168 Å². The number of ether oxygens (including phenoxy) is 1. The van der Waals surface area contributed by atoms with E-state index < -0.39 is 10.0 Å². The Morgan fingerprint density at radius 3 is 2.82 bits per heavy atom. The summed E-state index contributed by atoms with van der Waals surface area (Å²) < 4.78 is 33.2. The monoisotopic (exact) mass is 421 g/mol. The number of hydrogen-bond acceptors (Lipinski definition) is 6. The minimum absolute atomic E-state index is 0.0197. The van der Waals surface area contributed by atoms with Crippen molar-refractivity contribution in [2.45, 2.75) is 44.0 Å². The normalized spacial score (nSPS) is 17.6. The maximum absolute atomic E-state index is 13.2. The molecule has 2 aliphatic rings. The van der Waals surface area contributed by atoms with Gasteiger partial charge >= 0.3 is 0 Å². The van der Waals surface area contributed by atoms with Gasteiger partial charge in [0.25, 0.3) is 0 Å². The van der Waals surface area contributed by atoms with Crippen LogP contribution in [0.1, 0.15) is 35.4 Å². The molecule has 1 aromatic heterocycles. The number of rotatable bonds is 5. The molecule has 28 heavy (non-hydrogen) atoms. The zero-order chi connectivity index (χ0) is 19.9. The number of hydrogen-bond donors (Lipinski definition) is 1. The molecular weight excluding hydrogens is 398 g/mol. The summed E-state index contributed by atoms with van der Waals surface area (Å²) in [6.07, 6.45) is 3.49. The van der Waals surface area contributed by atoms with Gasteiger partial charge in [0.2, 0.25) is 15.9 Å². The van der Waals surface area contributed by atoms with Crippen LogP contribution in [0.2, 0.25) is 0 Å². The fraction of sp³-hybridized carbons (Fsp3) is 0.474. The second-order valence-electron chi connectivity index (χ2n) is 7.25. The summed E-state index contributed by atoms with van der Waals surface area (Å²) in [5.74, 6) is 0.451. The van der Waals surface area contributed by atoms with E-state index in [9.17, 15) is 13.2 Å². The van der Waals surface area contributed by atoms with E-state index in [2.05, 4.69) is 10.3 Å². The van der Waals surface area contributed by atoms with E-state index in [1.165, 1.54) is 22.8 Å². The summed E-state index contributed by atoms with van der Waals surface area (Å²) in [6, 6.07) is 5.14. The van der Waals surface area contributed by atoms with Crippen LogP contribution in [0.25, 0.3) is 0 Å². The van der Waals surface area contributed by atoms with E-state index in [1.807, 2.05) is 13.0 Å². The van der Waals surface area contributed by atoms with Crippen LogP contribution in [-0.2, 0) is 27.8 Å². The molecule has 0 bridgehead atoms. The first-order valence-electron chi connectivity index (χ1n) is 9.32. The van der Waals surface area contributed by atoms with Gasteiger partial charge in [-0.3, -0.25) is 4.79 Å². The molecule has 1 amide bonds. The predicted molar refractivity (Wildman–Crippen MR) is 107 cm³/mol. The van der Waals surface area contributed by atoms with Gasteiger partial charge in [-0.25, -0.2) is 13.4 Å². The molecule has 1 aliphatic carbocycles. The molecule has 0 saturated heterocycles. The molecule has 0 spiro atoms. The highest BCUT2D eigenvalue weighted by molar-refractivity contribution is 7.89. The smallest absolute Gasteiger partial charge is 0.247 e. The third kappa shape index (κ3) is 3.54. The number of aromatic nitrogens is 1. The molecule has 0 unspecified atom stereocenters. The van der Waals surface area contributed by atoms with E-state index in [1.54, 1.807) is 12.1 Å². The van der Waals surface area contributed by atoms with Crippen LogP contribution < -0.4 is 10.1 Å². The highest BCUT2D eigenvalue weighted by atomic mass is 32.2. The predicted octanol–water partition coefficient (Wildman–Crippen LogP) is 2.95. The minimum Gasteiger partial charge on any atom is -0.495 e. The fourth-order valence-corrected chi connectivity index (χ4v) is 6.19. The second kappa shape index (κ2) is 7.46. The van der Waals surface area contributed by atoms with Gasteiger partial charge in [0.05, 0.1) is 19.3 Å². The quantitative estimate of drug-likeness (QED) is 0.802. The first kappa shape index (κ1) is 19.4. The van der Waals surface area contributed by atoms with Crippen molar-refractivity contribution in [3.8, 4) is 5.75 Å². The van der Waals surface area contributed by atoms with Crippen molar-refractivity contribution >= 4 is 32.4 Å². The molecule has 2 aromatic rings. The lowest BCUT2D eigenvalue weighted by Crippen LogP contribution is -2.35. The average Bonchev–Trinajstić information content (AvgIpc) is 3.01. The molecule has 1 fully saturated rings. The van der Waals surface area contributed by atoms with Gasteiger partial charge in [0.1, 0.15) is 10.6 Å². The Bertz CT molecular complexity index is 1010. The lowest BCUT2D eigenvalue weighted by molar-refractivity contribution is -0.122. The summed E-state index contributed by atoms with van der Waals surface area (Å²) in [5.41, 5.74) is 1.73. The minimum atomic E-state index is -3.69. The average molecular weight is 422 g/mol. The molecule has 7 nitrogen and oxygen atoms in total. The topological polar surface area (TPSA) is 88.6 Å². The number of anilines is 1. The molecule has 1 N–H and O–H groups in total. The zero-order valence-electron chi connectivity index (χ0n) is 15.9. The van der Waals surface area contributed by atoms with Gasteiger partial charge in [-0.15, -0.1) is 11.3 Å². The molecule has 0 atom stereocenters. The third-order valence-electron chi connectivity index (χ3n) is 5.34. The van der Waals surface area contributed by atoms with Gasteiger partial charge in [0, 0.05) is 23.8 Å². The largest absolute Gasteiger partial charge is 0.495 e. The number of carbonyl (C=O) groups is 1. The van der Waals surface area contributed by atoms with E-state index in [4.69, 9.17) is 4.74 Å². The Morgan fingerprint density at radius 2 is 2.14 bits per heavy atom. The highest BCUT2D eigenvalue weighted by Gasteiger charge is 2.33. The summed E-state index contributed by atoms with van der Waals surface area (Å²) in [4.78, 5) is 17.7. The van der Waals surface area contributed by atoms with Gasteiger partial charge in [-0.1, -0.05) is 12.5 Å². The van der Waals surface area contributed by atoms with Crippen LogP contribution in [0.3, 0.4) is 0 Å². The van der Waals surface area contributed by atoms with Gasteiger partial charge in [-0.05, 0) is 37.5 Å². The molecule has 4 rings (SSSR count). The molecule has 150 valence electrons. The van der Waals surface area contributed by atoms with Crippen molar-refractivity contribution in [1.82, 2.24) is 9.29 Å². The van der Waals surface area contributed by atoms with Gasteiger partial charge < -0.3 is 10.1 Å². The number of amides is 1. The summed E-state index contributed by atoms with van der Waals surface area (Å²) in [6.45, 7) is 2.46. The number of nitrogens with zero attached hydrogens (tertiary/aromatic N) is 2. The molecule has 9 heteroatoms. The molecule has 2 heterocycles. The van der Waals surface area contributed by atoms with Crippen LogP contribution in [0.5, 0.6) is 5.75 Å². The Morgan fingerprint density at radius 1 is 1.36 bits per heavy atom. The fourth-order valence-electron chi connectivity index (χ4n) is 3.43. The van der Waals surface area contributed by atoms with Crippen molar-refractivity contribution in [2.24, 2.45) is 5.92 Å². The van der Waals surface area contributed by atoms with Gasteiger partial charge in [0.15, 0.2) is 5.13 Å². The summed E-state index contributed by atoms with van der Waals surface area (Å²) in [5, 5.41) is 3.46. The van der Waals surface area contributed by atoms with Crippen LogP contribution >= 0.6 is 11.3 Å². The lowest BCUT2D eigenvalue weighted by Gasteiger charge is -2.26. The summed E-state index contributed by atoms with van der Waals surface area (Å²) >= 11 is 1.36. The number of methoxy groups -OCH3 is 1. The Kier molecular flexibility index (Phi) is 5.15. The number of sulfonamides is 1. The van der Waals surface area contributed by atoms with E-state index in [-0.39, 0.29) is 23.3 Å². The zero-order valence-corrected chi connectivity index (χ0v) is 17.5. The maximum Gasteiger partial charge on any atom is 0.247 e. The standard InChI is InChI=1S/C19H23N3O4S2/c1-12-6-7-15(26-2)17(10-12)28(24,25)22-9-8-14-16(11-22)27-19(20-14)21-18(23)13-4-3-5-13/h6-7,10,13H,3-5,8-9,11H2,1-2H3,(H,20,21,23). The summed E-state index contributed by atoms with van der Waals surface area (Å²) in [7, 11) is -2.22. The first-order chi connectivity index (χ1) is 13.4. The van der Waals surface area contributed by atoms with Crippen molar-refractivity contribution in [2.75, 3.05) is 19.0 Å². The highest BCUT2D eigenvalue weighted by Crippen LogP contribution is 2.35. The Balaban J connectivity index is 1.55. The van der Waals surface area contributed by atoms with Crippen molar-refractivity contribution in [1.29, 1.82) is 0 Å².